The van der Waals surface area contributed by atoms with Crippen LogP contribution in [0.2, 0.25) is 10.0 Å². The minimum Gasteiger partial charge on any atom is -0.411 e. The number of Topliss-reactive ketones (excluding diaryl/α,β-unsaturated/α-hetero) is 1. The molecule has 0 spiro atoms. The van der Waals surface area contributed by atoms with Gasteiger partial charge in [-0.2, -0.15) is 4.99 Å². The van der Waals surface area contributed by atoms with Crippen molar-refractivity contribution in [3.8, 4) is 11.5 Å². The maximum absolute atomic E-state index is 12.3. The van der Waals surface area contributed by atoms with Gasteiger partial charge in [0.25, 0.3) is 5.22 Å². The second-order valence-corrected chi connectivity index (χ2v) is 6.91. The standard InChI is InChI=1S/C17H9Cl2N3O2S2/c18-11-3-6-13(14(19)7-11)15(23)8-26-17-22-21-16(24-17)10-1-4-12(5-2-10)20-9-25/h1-7H,8H2. The summed E-state index contributed by atoms with van der Waals surface area (Å²) in [6.45, 7) is 0. The third-order valence-corrected chi connectivity index (χ3v) is 4.71. The molecule has 1 aromatic heterocycles. The Bertz CT molecular complexity index is 999. The molecule has 26 heavy (non-hydrogen) atoms. The van der Waals surface area contributed by atoms with Gasteiger partial charge < -0.3 is 4.42 Å². The summed E-state index contributed by atoms with van der Waals surface area (Å²) in [5.74, 6) is 0.312. The molecule has 0 radical (unpaired) electrons. The predicted octanol–water partition coefficient (Wildman–Crippen LogP) is 5.75. The van der Waals surface area contributed by atoms with Gasteiger partial charge in [-0.3, -0.25) is 4.79 Å². The molecule has 0 unspecified atom stereocenters. The monoisotopic (exact) mass is 421 g/mol. The Morgan fingerprint density at radius 2 is 1.96 bits per heavy atom. The van der Waals surface area contributed by atoms with Crippen molar-refractivity contribution in [1.29, 1.82) is 0 Å². The van der Waals surface area contributed by atoms with Crippen molar-refractivity contribution >= 4 is 63.8 Å². The normalized spacial score (nSPS) is 10.4. The lowest BCUT2D eigenvalue weighted by atomic mass is 10.1. The van der Waals surface area contributed by atoms with Crippen molar-refractivity contribution in [3.05, 3.63) is 58.1 Å². The van der Waals surface area contributed by atoms with E-state index in [1.807, 2.05) is 0 Å². The first-order valence-corrected chi connectivity index (χ1v) is 9.34. The number of halogens is 2. The number of thioether (sulfide) groups is 1. The molecule has 2 aromatic carbocycles. The molecular formula is C17H9Cl2N3O2S2. The van der Waals surface area contributed by atoms with Crippen LogP contribution in [0.4, 0.5) is 5.69 Å². The number of thiocarbonyl (C=S) groups is 1. The fourth-order valence-corrected chi connectivity index (χ4v) is 3.30. The van der Waals surface area contributed by atoms with E-state index in [0.717, 1.165) is 17.3 Å². The zero-order valence-electron chi connectivity index (χ0n) is 13.0. The van der Waals surface area contributed by atoms with E-state index in [1.165, 1.54) is 6.07 Å². The molecule has 0 saturated carbocycles. The number of carbonyl (C=O) groups is 1. The van der Waals surface area contributed by atoms with Gasteiger partial charge in [-0.25, -0.2) is 0 Å². The lowest BCUT2D eigenvalue weighted by molar-refractivity contribution is 0.102. The summed E-state index contributed by atoms with van der Waals surface area (Å²) < 4.78 is 5.57. The number of hydrogen-bond donors (Lipinski definition) is 0. The highest BCUT2D eigenvalue weighted by molar-refractivity contribution is 7.99. The molecule has 5 nitrogen and oxygen atoms in total. The van der Waals surface area contributed by atoms with Crippen LogP contribution in [-0.4, -0.2) is 26.9 Å². The van der Waals surface area contributed by atoms with Crippen molar-refractivity contribution in [2.45, 2.75) is 5.22 Å². The minimum atomic E-state index is -0.154. The molecule has 0 amide bonds. The van der Waals surface area contributed by atoms with Gasteiger partial charge in [0.2, 0.25) is 5.89 Å². The maximum Gasteiger partial charge on any atom is 0.277 e. The summed E-state index contributed by atoms with van der Waals surface area (Å²) >= 11 is 17.6. The number of benzene rings is 2. The zero-order chi connectivity index (χ0) is 18.5. The first-order chi connectivity index (χ1) is 12.6. The van der Waals surface area contributed by atoms with E-state index in [0.29, 0.717) is 32.4 Å². The number of aliphatic imine (C=N–C) groups is 1. The van der Waals surface area contributed by atoms with Gasteiger partial charge in [0.1, 0.15) is 0 Å². The molecule has 1 heterocycles. The topological polar surface area (TPSA) is 68.3 Å². The fraction of sp³-hybridized carbons (Fsp3) is 0.0588. The van der Waals surface area contributed by atoms with Crippen molar-refractivity contribution < 1.29 is 9.21 Å². The first-order valence-electron chi connectivity index (χ1n) is 7.19. The Kier molecular flexibility index (Phi) is 6.19. The van der Waals surface area contributed by atoms with Crippen molar-refractivity contribution in [2.75, 3.05) is 5.75 Å². The Hall–Kier alpha value is -2.02. The Balaban J connectivity index is 1.66. The van der Waals surface area contributed by atoms with Gasteiger partial charge in [-0.05, 0) is 54.7 Å². The summed E-state index contributed by atoms with van der Waals surface area (Å²) in [7, 11) is 0. The van der Waals surface area contributed by atoms with E-state index in [1.54, 1.807) is 36.4 Å². The Labute approximate surface area is 168 Å². The van der Waals surface area contributed by atoms with Crippen molar-refractivity contribution in [1.82, 2.24) is 10.2 Å². The zero-order valence-corrected chi connectivity index (χ0v) is 16.1. The van der Waals surface area contributed by atoms with E-state index in [2.05, 4.69) is 32.6 Å². The van der Waals surface area contributed by atoms with Crippen LogP contribution in [0, 0.1) is 0 Å². The molecule has 3 rings (SSSR count). The summed E-state index contributed by atoms with van der Waals surface area (Å²) in [4.78, 5) is 16.1. The number of ketones is 1. The largest absolute Gasteiger partial charge is 0.411 e. The van der Waals surface area contributed by atoms with Crippen molar-refractivity contribution in [2.24, 2.45) is 4.99 Å². The van der Waals surface area contributed by atoms with Crippen LogP contribution < -0.4 is 0 Å². The van der Waals surface area contributed by atoms with Crippen LogP contribution in [0.25, 0.3) is 11.5 Å². The third-order valence-electron chi connectivity index (χ3n) is 3.25. The number of rotatable bonds is 6. The van der Waals surface area contributed by atoms with Gasteiger partial charge in [-0.1, -0.05) is 35.0 Å². The predicted molar refractivity (Wildman–Crippen MR) is 106 cm³/mol. The lowest BCUT2D eigenvalue weighted by Crippen LogP contribution is -2.03. The van der Waals surface area contributed by atoms with E-state index >= 15 is 0 Å². The number of nitrogens with zero attached hydrogens (tertiary/aromatic N) is 3. The van der Waals surface area contributed by atoms with Gasteiger partial charge in [-0.15, -0.1) is 10.2 Å². The maximum atomic E-state index is 12.3. The molecule has 0 N–H and O–H groups in total. The molecule has 0 aliphatic carbocycles. The minimum absolute atomic E-state index is 0.116. The first kappa shape index (κ1) is 18.8. The van der Waals surface area contributed by atoms with Crippen LogP contribution in [0.1, 0.15) is 10.4 Å². The van der Waals surface area contributed by atoms with Gasteiger partial charge in [0.15, 0.2) is 5.78 Å². The number of isothiocyanates is 1. The lowest BCUT2D eigenvalue weighted by Gasteiger charge is -2.02. The molecule has 0 aliphatic heterocycles. The molecule has 0 saturated heterocycles. The fourth-order valence-electron chi connectivity index (χ4n) is 2.04. The molecule has 0 aliphatic rings. The smallest absolute Gasteiger partial charge is 0.277 e. The summed E-state index contributed by atoms with van der Waals surface area (Å²) in [5, 5.41) is 11.3. The quantitative estimate of drug-likeness (QED) is 0.218. The highest BCUT2D eigenvalue weighted by Gasteiger charge is 2.14. The summed E-state index contributed by atoms with van der Waals surface area (Å²) in [6, 6.07) is 11.8. The summed E-state index contributed by atoms with van der Waals surface area (Å²) in [6.07, 6.45) is 0. The molecule has 130 valence electrons. The molecule has 9 heteroatoms. The highest BCUT2D eigenvalue weighted by Crippen LogP contribution is 2.27. The van der Waals surface area contributed by atoms with E-state index in [4.69, 9.17) is 27.6 Å². The summed E-state index contributed by atoms with van der Waals surface area (Å²) in [5.41, 5.74) is 1.82. The van der Waals surface area contributed by atoms with E-state index in [-0.39, 0.29) is 11.5 Å². The number of carbonyl (C=O) groups excluding carboxylic acids is 1. The van der Waals surface area contributed by atoms with Gasteiger partial charge in [0, 0.05) is 16.1 Å². The second kappa shape index (κ2) is 8.58. The van der Waals surface area contributed by atoms with Gasteiger partial charge >= 0.3 is 0 Å². The third kappa shape index (κ3) is 4.58. The average Bonchev–Trinajstić information content (AvgIpc) is 3.10. The Morgan fingerprint density at radius 1 is 1.19 bits per heavy atom. The van der Waals surface area contributed by atoms with Crippen LogP contribution in [-0.2, 0) is 0 Å². The van der Waals surface area contributed by atoms with Gasteiger partial charge in [0.05, 0.1) is 21.6 Å². The number of aromatic nitrogens is 2. The van der Waals surface area contributed by atoms with E-state index < -0.39 is 0 Å². The molecule has 3 aromatic rings. The SMILES string of the molecule is O=C(CSc1nnc(-c2ccc(N=C=S)cc2)o1)c1ccc(Cl)cc1Cl. The molecular weight excluding hydrogens is 413 g/mol. The highest BCUT2D eigenvalue weighted by atomic mass is 35.5. The molecule has 0 bridgehead atoms. The average molecular weight is 422 g/mol. The van der Waals surface area contributed by atoms with Crippen molar-refractivity contribution in [3.63, 3.8) is 0 Å². The molecule has 0 fully saturated rings. The number of hydrogen-bond acceptors (Lipinski definition) is 7. The second-order valence-electron chi connectivity index (χ2n) is 4.96. The van der Waals surface area contributed by atoms with E-state index in [9.17, 15) is 4.79 Å². The molecule has 0 atom stereocenters. The van der Waals surface area contributed by atoms with Crippen LogP contribution in [0.3, 0.4) is 0 Å². The Morgan fingerprint density at radius 3 is 2.65 bits per heavy atom. The van der Waals surface area contributed by atoms with Crippen LogP contribution >= 0.6 is 47.2 Å². The van der Waals surface area contributed by atoms with Crippen LogP contribution in [0.15, 0.2) is 57.1 Å². The van der Waals surface area contributed by atoms with Crippen LogP contribution in [0.5, 0.6) is 0 Å².